The highest BCUT2D eigenvalue weighted by atomic mass is 33.1. The molecule has 2 rings (SSSR count). The number of hydrogen-bond acceptors (Lipinski definition) is 7. The first kappa shape index (κ1) is 31.1. The van der Waals surface area contributed by atoms with Crippen LogP contribution < -0.4 is 10.0 Å². The van der Waals surface area contributed by atoms with Gasteiger partial charge in [0.25, 0.3) is 15.9 Å². The fraction of sp³-hybridized carbons (Fsp3) is 0.286. The number of rotatable bonds is 11. The molecule has 0 aromatic heterocycles. The number of halogens is 3. The van der Waals surface area contributed by atoms with E-state index in [1.54, 1.807) is 30.3 Å². The van der Waals surface area contributed by atoms with Crippen molar-refractivity contribution >= 4 is 55.1 Å². The summed E-state index contributed by atoms with van der Waals surface area (Å²) in [5.74, 6) is -2.88. The van der Waals surface area contributed by atoms with Gasteiger partial charge in [0.15, 0.2) is 0 Å². The van der Waals surface area contributed by atoms with Gasteiger partial charge in [0, 0.05) is 18.1 Å². The quantitative estimate of drug-likeness (QED) is 0.233. The number of aryl methyl sites for hydroxylation is 1. The van der Waals surface area contributed by atoms with Crippen LogP contribution in [-0.2, 0) is 19.6 Å². The summed E-state index contributed by atoms with van der Waals surface area (Å²) in [5, 5.41) is 18.5. The number of hydrogen-bond donors (Lipinski definition) is 4. The number of carbonyl (C=O) groups is 3. The summed E-state index contributed by atoms with van der Waals surface area (Å²) in [6, 6.07) is 12.8. The number of para-hydroxylation sites is 1. The van der Waals surface area contributed by atoms with Crippen molar-refractivity contribution in [3.63, 3.8) is 0 Å². The van der Waals surface area contributed by atoms with Crippen LogP contribution in [0.2, 0.25) is 0 Å². The lowest BCUT2D eigenvalue weighted by atomic mass is 10.2. The van der Waals surface area contributed by atoms with Crippen LogP contribution in [0.4, 0.5) is 18.9 Å². The van der Waals surface area contributed by atoms with Gasteiger partial charge in [-0.25, -0.2) is 13.2 Å². The predicted molar refractivity (Wildman–Crippen MR) is 132 cm³/mol. The molecule has 1 amide bonds. The summed E-state index contributed by atoms with van der Waals surface area (Å²) >= 11 is 0. The van der Waals surface area contributed by atoms with E-state index in [9.17, 15) is 31.2 Å². The van der Waals surface area contributed by atoms with Gasteiger partial charge in [-0.15, -0.1) is 0 Å². The Morgan fingerprint density at radius 2 is 1.50 bits per heavy atom. The van der Waals surface area contributed by atoms with Gasteiger partial charge in [-0.05, 0) is 31.2 Å². The summed E-state index contributed by atoms with van der Waals surface area (Å²) < 4.78 is 59.4. The lowest BCUT2D eigenvalue weighted by molar-refractivity contribution is -0.192. The monoisotopic (exact) mass is 568 g/mol. The fourth-order valence-electron chi connectivity index (χ4n) is 2.24. The molecule has 9 nitrogen and oxygen atoms in total. The Bertz CT molecular complexity index is 1140. The molecule has 36 heavy (non-hydrogen) atoms. The Kier molecular flexibility index (Phi) is 12.6. The molecular formula is C21H23F3N2O7S3. The van der Waals surface area contributed by atoms with E-state index in [1.165, 1.54) is 39.8 Å². The van der Waals surface area contributed by atoms with Gasteiger partial charge >= 0.3 is 18.1 Å². The molecule has 0 aliphatic rings. The average Bonchev–Trinajstić information content (AvgIpc) is 2.78. The highest BCUT2D eigenvalue weighted by Crippen LogP contribution is 2.22. The maximum atomic E-state index is 12.6. The van der Waals surface area contributed by atoms with Crippen LogP contribution in [0.15, 0.2) is 53.4 Å². The number of amides is 1. The number of aliphatic carboxylic acids is 2. The van der Waals surface area contributed by atoms with Gasteiger partial charge in [-0.1, -0.05) is 51.4 Å². The molecular weight excluding hydrogens is 545 g/mol. The van der Waals surface area contributed by atoms with Gasteiger partial charge in [-0.2, -0.15) is 13.2 Å². The molecule has 0 fully saturated rings. The van der Waals surface area contributed by atoms with Crippen molar-refractivity contribution in [2.75, 3.05) is 22.8 Å². The van der Waals surface area contributed by atoms with Gasteiger partial charge in [-0.3, -0.25) is 14.3 Å². The fourth-order valence-corrected chi connectivity index (χ4v) is 5.21. The number of carbonyl (C=O) groups excluding carboxylic acids is 1. The van der Waals surface area contributed by atoms with Crippen LogP contribution >= 0.6 is 21.6 Å². The molecule has 0 unspecified atom stereocenters. The Morgan fingerprint density at radius 1 is 0.944 bits per heavy atom. The molecule has 2 aromatic carbocycles. The normalized spacial score (nSPS) is 11.1. The van der Waals surface area contributed by atoms with E-state index in [2.05, 4.69) is 10.0 Å². The second-order valence-electron chi connectivity index (χ2n) is 6.81. The van der Waals surface area contributed by atoms with Crippen LogP contribution in [0, 0.1) is 6.92 Å². The van der Waals surface area contributed by atoms with Crippen LogP contribution in [0.5, 0.6) is 0 Å². The third-order valence-corrected chi connectivity index (χ3v) is 7.73. The smallest absolute Gasteiger partial charge is 0.481 e. The number of anilines is 1. The van der Waals surface area contributed by atoms with E-state index in [0.29, 0.717) is 18.1 Å². The standard InChI is InChI=1S/C19H22N2O5S3.C2HF3O2/c1-14-6-8-15(9-7-14)29(25,26)21-17-5-3-2-4-16(17)19(24)20-11-13-28-27-12-10-18(22)23;3-2(4,5)1(6)7/h2-9,21H,10-13H2,1H3,(H,20,24)(H,22,23);(H,6,7). The van der Waals surface area contributed by atoms with Crippen molar-refractivity contribution in [2.24, 2.45) is 0 Å². The van der Waals surface area contributed by atoms with Gasteiger partial charge < -0.3 is 15.5 Å². The summed E-state index contributed by atoms with van der Waals surface area (Å²) in [5.41, 5.74) is 1.38. The minimum Gasteiger partial charge on any atom is -0.481 e. The molecule has 0 heterocycles. The number of alkyl halides is 3. The zero-order chi connectivity index (χ0) is 27.4. The SMILES string of the molecule is Cc1ccc(S(=O)(=O)Nc2ccccc2C(=O)NCCSSCCC(=O)O)cc1.O=C(O)C(F)(F)F. The zero-order valence-electron chi connectivity index (χ0n) is 18.7. The van der Waals surface area contributed by atoms with E-state index in [0.717, 1.165) is 5.56 Å². The zero-order valence-corrected chi connectivity index (χ0v) is 21.2. The number of carboxylic acids is 2. The molecule has 0 saturated heterocycles. The highest BCUT2D eigenvalue weighted by molar-refractivity contribution is 8.76. The average molecular weight is 569 g/mol. The molecule has 0 radical (unpaired) electrons. The van der Waals surface area contributed by atoms with Crippen molar-refractivity contribution in [2.45, 2.75) is 24.4 Å². The largest absolute Gasteiger partial charge is 0.490 e. The minimum absolute atomic E-state index is 0.0958. The second kappa shape index (κ2) is 14.6. The van der Waals surface area contributed by atoms with E-state index in [-0.39, 0.29) is 28.5 Å². The van der Waals surface area contributed by atoms with E-state index < -0.39 is 28.1 Å². The van der Waals surface area contributed by atoms with Crippen molar-refractivity contribution in [1.82, 2.24) is 5.32 Å². The van der Waals surface area contributed by atoms with Gasteiger partial charge in [0.1, 0.15) is 0 Å². The lowest BCUT2D eigenvalue weighted by Crippen LogP contribution is -2.27. The van der Waals surface area contributed by atoms with Gasteiger partial charge in [0.2, 0.25) is 0 Å². The molecule has 4 N–H and O–H groups in total. The minimum atomic E-state index is -5.08. The molecule has 15 heteroatoms. The van der Waals surface area contributed by atoms with Crippen molar-refractivity contribution < 1.29 is 46.2 Å². The number of nitrogens with one attached hydrogen (secondary N) is 2. The number of sulfonamides is 1. The molecule has 0 atom stereocenters. The first-order valence-corrected chi connectivity index (χ1v) is 13.9. The highest BCUT2D eigenvalue weighted by Gasteiger charge is 2.38. The summed E-state index contributed by atoms with van der Waals surface area (Å²) in [7, 11) is -0.910. The maximum Gasteiger partial charge on any atom is 0.490 e. The first-order chi connectivity index (χ1) is 16.7. The Labute approximate surface area is 213 Å². The summed E-state index contributed by atoms with van der Waals surface area (Å²) in [6.07, 6.45) is -4.99. The summed E-state index contributed by atoms with van der Waals surface area (Å²) in [4.78, 5) is 31.9. The van der Waals surface area contributed by atoms with Crippen molar-refractivity contribution in [3.8, 4) is 0 Å². The van der Waals surface area contributed by atoms with Crippen LogP contribution in [0.25, 0.3) is 0 Å². The molecule has 0 aliphatic carbocycles. The third-order valence-electron chi connectivity index (χ3n) is 3.94. The molecule has 0 spiro atoms. The molecule has 0 aliphatic heterocycles. The predicted octanol–water partition coefficient (Wildman–Crippen LogP) is 4.02. The molecule has 0 bridgehead atoms. The first-order valence-electron chi connectivity index (χ1n) is 9.97. The van der Waals surface area contributed by atoms with E-state index in [4.69, 9.17) is 15.0 Å². The van der Waals surface area contributed by atoms with Crippen molar-refractivity contribution in [3.05, 3.63) is 59.7 Å². The molecule has 2 aromatic rings. The molecule has 0 saturated carbocycles. The van der Waals surface area contributed by atoms with Gasteiger partial charge in [0.05, 0.1) is 22.6 Å². The molecule has 198 valence electrons. The Hall–Kier alpha value is -2.91. The summed E-state index contributed by atoms with van der Waals surface area (Å²) in [6.45, 7) is 2.25. The van der Waals surface area contributed by atoms with E-state index in [1.807, 2.05) is 6.92 Å². The topological polar surface area (TPSA) is 150 Å². The second-order valence-corrected chi connectivity index (χ2v) is 11.2. The van der Waals surface area contributed by atoms with Crippen LogP contribution in [0.1, 0.15) is 22.3 Å². The van der Waals surface area contributed by atoms with Crippen LogP contribution in [-0.4, -0.2) is 60.7 Å². The Balaban J connectivity index is 0.000000809. The lowest BCUT2D eigenvalue weighted by Gasteiger charge is -2.13. The van der Waals surface area contributed by atoms with Crippen LogP contribution in [0.3, 0.4) is 0 Å². The van der Waals surface area contributed by atoms with E-state index >= 15 is 0 Å². The Morgan fingerprint density at radius 3 is 2.06 bits per heavy atom. The maximum absolute atomic E-state index is 12.6. The van der Waals surface area contributed by atoms with Crippen molar-refractivity contribution in [1.29, 1.82) is 0 Å². The third kappa shape index (κ3) is 11.7. The number of benzene rings is 2. The number of carboxylic acid groups (broad SMARTS) is 2.